The Balaban J connectivity index is 2.24. The molecule has 1 amide bonds. The van der Waals surface area contributed by atoms with Gasteiger partial charge in [-0.25, -0.2) is 4.39 Å². The van der Waals surface area contributed by atoms with Crippen LogP contribution in [0.1, 0.15) is 27.0 Å². The van der Waals surface area contributed by atoms with Gasteiger partial charge in [-0.2, -0.15) is 13.2 Å². The van der Waals surface area contributed by atoms with Crippen molar-refractivity contribution in [3.05, 3.63) is 70.5 Å². The fraction of sp³-hybridized carbons (Fsp3) is 0.235. The summed E-state index contributed by atoms with van der Waals surface area (Å²) in [5.41, 5.74) is -0.301. The molecule has 0 unspecified atom stereocenters. The number of hydrogen-bond acceptors (Lipinski definition) is 1. The van der Waals surface area contributed by atoms with E-state index in [9.17, 15) is 22.4 Å². The molecule has 0 atom stereocenters. The molecule has 0 heterocycles. The summed E-state index contributed by atoms with van der Waals surface area (Å²) in [5.74, 6) is -1.07. The minimum Gasteiger partial charge on any atom is -0.337 e. The summed E-state index contributed by atoms with van der Waals surface area (Å²) in [5, 5.41) is 0. The first-order valence-corrected chi connectivity index (χ1v) is 6.87. The lowest BCUT2D eigenvalue weighted by Gasteiger charge is -2.20. The van der Waals surface area contributed by atoms with Crippen LogP contribution in [-0.2, 0) is 12.7 Å². The number of rotatable bonds is 3. The summed E-state index contributed by atoms with van der Waals surface area (Å²) in [6, 6.07) is 9.07. The fourth-order valence-electron chi connectivity index (χ4n) is 2.21. The number of alkyl halides is 3. The SMILES string of the molecule is Cc1ccc(C(=O)N(C)Cc2ccccc2C(F)(F)F)cc1F. The van der Waals surface area contributed by atoms with E-state index >= 15 is 0 Å². The lowest BCUT2D eigenvalue weighted by atomic mass is 10.1. The zero-order valence-electron chi connectivity index (χ0n) is 12.6. The number of nitrogens with zero attached hydrogens (tertiary/aromatic N) is 1. The zero-order chi connectivity index (χ0) is 17.2. The first kappa shape index (κ1) is 17.0. The Morgan fingerprint density at radius 1 is 1.13 bits per heavy atom. The smallest absolute Gasteiger partial charge is 0.337 e. The second kappa shape index (κ2) is 6.40. The minimum absolute atomic E-state index is 0.0107. The molecule has 0 radical (unpaired) electrons. The van der Waals surface area contributed by atoms with Crippen LogP contribution in [0.5, 0.6) is 0 Å². The highest BCUT2D eigenvalue weighted by atomic mass is 19.4. The molecular weight excluding hydrogens is 310 g/mol. The summed E-state index contributed by atoms with van der Waals surface area (Å²) in [7, 11) is 1.38. The third kappa shape index (κ3) is 3.88. The lowest BCUT2D eigenvalue weighted by Crippen LogP contribution is -2.27. The van der Waals surface area contributed by atoms with Crippen molar-refractivity contribution in [1.82, 2.24) is 4.90 Å². The van der Waals surface area contributed by atoms with Gasteiger partial charge in [0.15, 0.2) is 0 Å². The molecule has 0 saturated heterocycles. The molecule has 6 heteroatoms. The highest BCUT2D eigenvalue weighted by Crippen LogP contribution is 2.32. The molecule has 23 heavy (non-hydrogen) atoms. The Bertz CT molecular complexity index is 725. The fourth-order valence-corrected chi connectivity index (χ4v) is 2.21. The van der Waals surface area contributed by atoms with Gasteiger partial charge in [0.25, 0.3) is 5.91 Å². The lowest BCUT2D eigenvalue weighted by molar-refractivity contribution is -0.138. The second-order valence-corrected chi connectivity index (χ2v) is 5.28. The van der Waals surface area contributed by atoms with Crippen LogP contribution in [0.3, 0.4) is 0 Å². The molecule has 0 N–H and O–H groups in total. The van der Waals surface area contributed by atoms with Crippen LogP contribution in [-0.4, -0.2) is 17.9 Å². The Morgan fingerprint density at radius 2 is 1.78 bits per heavy atom. The zero-order valence-corrected chi connectivity index (χ0v) is 12.6. The predicted octanol–water partition coefficient (Wildman–Crippen LogP) is 4.43. The molecule has 0 fully saturated rings. The van der Waals surface area contributed by atoms with Crippen molar-refractivity contribution in [1.29, 1.82) is 0 Å². The van der Waals surface area contributed by atoms with E-state index in [-0.39, 0.29) is 17.7 Å². The van der Waals surface area contributed by atoms with Gasteiger partial charge in [0.2, 0.25) is 0 Å². The number of halogens is 4. The molecule has 2 nitrogen and oxygen atoms in total. The summed E-state index contributed by atoms with van der Waals surface area (Å²) < 4.78 is 52.4. The maximum absolute atomic E-state index is 13.5. The van der Waals surface area contributed by atoms with E-state index in [1.165, 1.54) is 37.4 Å². The molecule has 2 aromatic rings. The molecule has 0 aliphatic rings. The number of aryl methyl sites for hydroxylation is 1. The van der Waals surface area contributed by atoms with Crippen LogP contribution < -0.4 is 0 Å². The molecule has 2 rings (SSSR count). The monoisotopic (exact) mass is 325 g/mol. The Morgan fingerprint density at radius 3 is 2.39 bits per heavy atom. The van der Waals surface area contributed by atoms with Crippen LogP contribution >= 0.6 is 0 Å². The molecule has 0 aromatic heterocycles. The standard InChI is InChI=1S/C17H15F4NO/c1-11-7-8-12(9-15(11)18)16(23)22(2)10-13-5-3-4-6-14(13)17(19,20)21/h3-9H,10H2,1-2H3. The predicted molar refractivity (Wildman–Crippen MR) is 78.4 cm³/mol. The van der Waals surface area contributed by atoms with E-state index in [2.05, 4.69) is 0 Å². The normalized spacial score (nSPS) is 11.4. The van der Waals surface area contributed by atoms with Gasteiger partial charge in [-0.3, -0.25) is 4.79 Å². The topological polar surface area (TPSA) is 20.3 Å². The van der Waals surface area contributed by atoms with Crippen molar-refractivity contribution >= 4 is 5.91 Å². The summed E-state index contributed by atoms with van der Waals surface area (Å²) in [6.45, 7) is 1.34. The van der Waals surface area contributed by atoms with E-state index in [1.54, 1.807) is 6.92 Å². The van der Waals surface area contributed by atoms with E-state index in [0.717, 1.165) is 17.0 Å². The van der Waals surface area contributed by atoms with E-state index < -0.39 is 23.5 Å². The van der Waals surface area contributed by atoms with Crippen LogP contribution in [0.2, 0.25) is 0 Å². The van der Waals surface area contributed by atoms with Crippen molar-refractivity contribution in [3.63, 3.8) is 0 Å². The third-order valence-electron chi connectivity index (χ3n) is 3.50. The van der Waals surface area contributed by atoms with Gasteiger partial charge in [0.05, 0.1) is 5.56 Å². The van der Waals surface area contributed by atoms with Gasteiger partial charge < -0.3 is 4.90 Å². The van der Waals surface area contributed by atoms with Gasteiger partial charge in [-0.1, -0.05) is 24.3 Å². The Labute approximate surface area is 131 Å². The van der Waals surface area contributed by atoms with E-state index in [1.807, 2.05) is 0 Å². The molecule has 0 aliphatic heterocycles. The van der Waals surface area contributed by atoms with Gasteiger partial charge in [0, 0.05) is 19.2 Å². The first-order valence-electron chi connectivity index (χ1n) is 6.87. The first-order chi connectivity index (χ1) is 10.7. The maximum Gasteiger partial charge on any atom is 0.416 e. The molecule has 122 valence electrons. The molecular formula is C17H15F4NO. The van der Waals surface area contributed by atoms with Gasteiger partial charge >= 0.3 is 6.18 Å². The minimum atomic E-state index is -4.49. The van der Waals surface area contributed by atoms with E-state index in [0.29, 0.717) is 5.56 Å². The highest BCUT2D eigenvalue weighted by molar-refractivity contribution is 5.94. The number of carbonyl (C=O) groups excluding carboxylic acids is 1. The van der Waals surface area contributed by atoms with Crippen LogP contribution in [0, 0.1) is 12.7 Å². The maximum atomic E-state index is 13.5. The van der Waals surface area contributed by atoms with Crippen LogP contribution in [0.4, 0.5) is 17.6 Å². The number of carbonyl (C=O) groups is 1. The number of amides is 1. The summed E-state index contributed by atoms with van der Waals surface area (Å²) in [6.07, 6.45) is -4.49. The molecule has 0 spiro atoms. The Hall–Kier alpha value is -2.37. The quantitative estimate of drug-likeness (QED) is 0.765. The average molecular weight is 325 g/mol. The van der Waals surface area contributed by atoms with Crippen LogP contribution in [0.25, 0.3) is 0 Å². The van der Waals surface area contributed by atoms with Gasteiger partial charge in [-0.05, 0) is 36.2 Å². The molecule has 0 aliphatic carbocycles. The van der Waals surface area contributed by atoms with Crippen molar-refractivity contribution < 1.29 is 22.4 Å². The van der Waals surface area contributed by atoms with Crippen molar-refractivity contribution in [2.24, 2.45) is 0 Å². The Kier molecular flexibility index (Phi) is 4.73. The number of benzene rings is 2. The van der Waals surface area contributed by atoms with Crippen molar-refractivity contribution in [3.8, 4) is 0 Å². The molecule has 0 bridgehead atoms. The van der Waals surface area contributed by atoms with Crippen molar-refractivity contribution in [2.75, 3.05) is 7.05 Å². The largest absolute Gasteiger partial charge is 0.416 e. The summed E-state index contributed by atoms with van der Waals surface area (Å²) in [4.78, 5) is 13.4. The number of hydrogen-bond donors (Lipinski definition) is 0. The van der Waals surface area contributed by atoms with E-state index in [4.69, 9.17) is 0 Å². The third-order valence-corrected chi connectivity index (χ3v) is 3.50. The average Bonchev–Trinajstić information content (AvgIpc) is 2.48. The highest BCUT2D eigenvalue weighted by Gasteiger charge is 2.33. The van der Waals surface area contributed by atoms with Gasteiger partial charge in [0.1, 0.15) is 5.82 Å². The molecule has 2 aromatic carbocycles. The van der Waals surface area contributed by atoms with Crippen LogP contribution in [0.15, 0.2) is 42.5 Å². The van der Waals surface area contributed by atoms with Crippen molar-refractivity contribution in [2.45, 2.75) is 19.6 Å². The van der Waals surface area contributed by atoms with Gasteiger partial charge in [-0.15, -0.1) is 0 Å². The molecule has 0 saturated carbocycles. The second-order valence-electron chi connectivity index (χ2n) is 5.28. The summed E-state index contributed by atoms with van der Waals surface area (Å²) >= 11 is 0.